The summed E-state index contributed by atoms with van der Waals surface area (Å²) in [6.07, 6.45) is 0. The summed E-state index contributed by atoms with van der Waals surface area (Å²) in [4.78, 5) is 29.4. The van der Waals surface area contributed by atoms with Gasteiger partial charge in [-0.1, -0.05) is 41.7 Å². The van der Waals surface area contributed by atoms with E-state index in [4.69, 9.17) is 9.47 Å². The molecule has 32 heavy (non-hydrogen) atoms. The fourth-order valence-electron chi connectivity index (χ4n) is 3.07. The summed E-state index contributed by atoms with van der Waals surface area (Å²) in [7, 11) is 3.06. The largest absolute Gasteiger partial charge is 0.495 e. The molecule has 4 aromatic rings. The van der Waals surface area contributed by atoms with Gasteiger partial charge in [0.1, 0.15) is 17.0 Å². The van der Waals surface area contributed by atoms with E-state index in [9.17, 15) is 9.59 Å². The zero-order valence-corrected chi connectivity index (χ0v) is 18.2. The molecule has 3 N–H and O–H groups in total. The molecule has 162 valence electrons. The Bertz CT molecular complexity index is 1270. The van der Waals surface area contributed by atoms with Crippen LogP contribution in [0, 0.1) is 0 Å². The number of methoxy groups -OCH3 is 2. The number of thiazole rings is 1. The number of benzene rings is 3. The van der Waals surface area contributed by atoms with E-state index in [1.54, 1.807) is 54.6 Å². The summed E-state index contributed by atoms with van der Waals surface area (Å²) in [5.41, 5.74) is 2.20. The lowest BCUT2D eigenvalue weighted by Gasteiger charge is -2.11. The van der Waals surface area contributed by atoms with Crippen molar-refractivity contribution in [3.05, 3.63) is 72.3 Å². The smallest absolute Gasteiger partial charge is 0.323 e. The van der Waals surface area contributed by atoms with Gasteiger partial charge in [-0.25, -0.2) is 9.78 Å². The standard InChI is InChI=1S/C23H20N4O4S/c1-30-17-11-7-6-10-16(17)25-22(29)24-15-12-18(31-2)20-19(13-15)32-23(26-20)27-21(28)14-8-4-3-5-9-14/h3-13H,1-2H3,(H2,24,25,29)(H,26,27,28). The molecule has 0 aliphatic carbocycles. The quantitative estimate of drug-likeness (QED) is 0.376. The first-order valence-corrected chi connectivity index (χ1v) is 10.4. The molecule has 3 aromatic carbocycles. The number of rotatable bonds is 6. The number of nitrogens with zero attached hydrogens (tertiary/aromatic N) is 1. The summed E-state index contributed by atoms with van der Waals surface area (Å²) in [5, 5.41) is 8.79. The number of amides is 3. The van der Waals surface area contributed by atoms with Crippen molar-refractivity contribution in [3.63, 3.8) is 0 Å². The van der Waals surface area contributed by atoms with Crippen LogP contribution >= 0.6 is 11.3 Å². The molecule has 4 rings (SSSR count). The highest BCUT2D eigenvalue weighted by atomic mass is 32.1. The maximum absolute atomic E-state index is 12.5. The van der Waals surface area contributed by atoms with Crippen molar-refractivity contribution >= 4 is 50.0 Å². The predicted octanol–water partition coefficient (Wildman–Crippen LogP) is 5.21. The second-order valence-corrected chi connectivity index (χ2v) is 7.67. The number of urea groups is 1. The van der Waals surface area contributed by atoms with Crippen LogP contribution in [0.3, 0.4) is 0 Å². The highest BCUT2D eigenvalue weighted by Crippen LogP contribution is 2.35. The number of nitrogens with one attached hydrogen (secondary N) is 3. The molecule has 0 atom stereocenters. The molecular formula is C23H20N4O4S. The number of aromatic nitrogens is 1. The van der Waals surface area contributed by atoms with Crippen LogP contribution in [-0.4, -0.2) is 31.1 Å². The van der Waals surface area contributed by atoms with Crippen molar-refractivity contribution in [2.24, 2.45) is 0 Å². The van der Waals surface area contributed by atoms with Gasteiger partial charge in [-0.15, -0.1) is 0 Å². The molecule has 0 bridgehead atoms. The molecular weight excluding hydrogens is 428 g/mol. The van der Waals surface area contributed by atoms with Crippen molar-refractivity contribution in [2.75, 3.05) is 30.2 Å². The molecule has 8 nitrogen and oxygen atoms in total. The maximum Gasteiger partial charge on any atom is 0.323 e. The van der Waals surface area contributed by atoms with Gasteiger partial charge in [0, 0.05) is 17.3 Å². The Morgan fingerprint density at radius 2 is 1.56 bits per heavy atom. The number of carbonyl (C=O) groups excluding carboxylic acids is 2. The van der Waals surface area contributed by atoms with Crippen LogP contribution in [0.5, 0.6) is 11.5 Å². The van der Waals surface area contributed by atoms with Gasteiger partial charge >= 0.3 is 6.03 Å². The third-order valence-electron chi connectivity index (χ3n) is 4.55. The Kier molecular flexibility index (Phi) is 6.18. The van der Waals surface area contributed by atoms with Crippen LogP contribution in [0.2, 0.25) is 0 Å². The number of fused-ring (bicyclic) bond motifs is 1. The van der Waals surface area contributed by atoms with Crippen molar-refractivity contribution in [2.45, 2.75) is 0 Å². The monoisotopic (exact) mass is 448 g/mol. The van der Waals surface area contributed by atoms with Crippen molar-refractivity contribution < 1.29 is 19.1 Å². The molecule has 0 saturated carbocycles. The minimum absolute atomic E-state index is 0.252. The van der Waals surface area contributed by atoms with E-state index < -0.39 is 6.03 Å². The molecule has 0 aliphatic heterocycles. The highest BCUT2D eigenvalue weighted by molar-refractivity contribution is 7.22. The maximum atomic E-state index is 12.5. The first-order chi connectivity index (χ1) is 15.6. The second kappa shape index (κ2) is 9.36. The van der Waals surface area contributed by atoms with Gasteiger partial charge in [-0.05, 0) is 30.3 Å². The third kappa shape index (κ3) is 4.62. The molecule has 0 aliphatic rings. The fourth-order valence-corrected chi connectivity index (χ4v) is 3.99. The van der Waals surface area contributed by atoms with Gasteiger partial charge in [0.25, 0.3) is 5.91 Å². The minimum atomic E-state index is -0.432. The summed E-state index contributed by atoms with van der Waals surface area (Å²) >= 11 is 1.29. The zero-order chi connectivity index (χ0) is 22.5. The van der Waals surface area contributed by atoms with E-state index in [0.29, 0.717) is 39.1 Å². The molecule has 9 heteroatoms. The van der Waals surface area contributed by atoms with E-state index in [2.05, 4.69) is 20.9 Å². The fraction of sp³-hybridized carbons (Fsp3) is 0.0870. The van der Waals surface area contributed by atoms with Crippen LogP contribution in [0.25, 0.3) is 10.2 Å². The van der Waals surface area contributed by atoms with E-state index in [1.165, 1.54) is 25.6 Å². The number of ether oxygens (including phenoxy) is 2. The van der Waals surface area contributed by atoms with Crippen molar-refractivity contribution in [3.8, 4) is 11.5 Å². The van der Waals surface area contributed by atoms with Crippen LogP contribution in [0.15, 0.2) is 66.7 Å². The Hall–Kier alpha value is -4.11. The molecule has 3 amide bonds. The number of carbonyl (C=O) groups is 2. The lowest BCUT2D eigenvalue weighted by molar-refractivity contribution is 0.102. The van der Waals surface area contributed by atoms with Gasteiger partial charge in [-0.3, -0.25) is 10.1 Å². The highest BCUT2D eigenvalue weighted by Gasteiger charge is 2.15. The average Bonchev–Trinajstić information content (AvgIpc) is 3.21. The van der Waals surface area contributed by atoms with Crippen LogP contribution in [0.1, 0.15) is 10.4 Å². The molecule has 0 radical (unpaired) electrons. The predicted molar refractivity (Wildman–Crippen MR) is 126 cm³/mol. The van der Waals surface area contributed by atoms with E-state index in [0.717, 1.165) is 4.70 Å². The Morgan fingerprint density at radius 1 is 0.844 bits per heavy atom. The minimum Gasteiger partial charge on any atom is -0.495 e. The molecule has 0 spiro atoms. The summed E-state index contributed by atoms with van der Waals surface area (Å²) < 4.78 is 11.5. The van der Waals surface area contributed by atoms with Gasteiger partial charge < -0.3 is 20.1 Å². The Balaban J connectivity index is 1.54. The molecule has 1 heterocycles. The van der Waals surface area contributed by atoms with Gasteiger partial charge in [0.15, 0.2) is 5.13 Å². The lowest BCUT2D eigenvalue weighted by Crippen LogP contribution is -2.19. The molecule has 0 saturated heterocycles. The summed E-state index contributed by atoms with van der Waals surface area (Å²) in [6, 6.07) is 19.0. The van der Waals surface area contributed by atoms with Gasteiger partial charge in [0.2, 0.25) is 0 Å². The third-order valence-corrected chi connectivity index (χ3v) is 5.47. The molecule has 0 fully saturated rings. The Morgan fingerprint density at radius 3 is 2.31 bits per heavy atom. The Labute approximate surface area is 188 Å². The van der Waals surface area contributed by atoms with E-state index >= 15 is 0 Å². The van der Waals surface area contributed by atoms with Crippen LogP contribution in [0.4, 0.5) is 21.3 Å². The molecule has 1 aromatic heterocycles. The topological polar surface area (TPSA) is 102 Å². The molecule has 0 unspecified atom stereocenters. The summed E-state index contributed by atoms with van der Waals surface area (Å²) in [6.45, 7) is 0. The lowest BCUT2D eigenvalue weighted by atomic mass is 10.2. The van der Waals surface area contributed by atoms with Crippen molar-refractivity contribution in [1.82, 2.24) is 4.98 Å². The van der Waals surface area contributed by atoms with E-state index in [1.807, 2.05) is 12.1 Å². The zero-order valence-electron chi connectivity index (χ0n) is 17.3. The van der Waals surface area contributed by atoms with Crippen LogP contribution in [-0.2, 0) is 0 Å². The van der Waals surface area contributed by atoms with Crippen LogP contribution < -0.4 is 25.4 Å². The number of hydrogen-bond acceptors (Lipinski definition) is 6. The normalized spacial score (nSPS) is 10.4. The summed E-state index contributed by atoms with van der Waals surface area (Å²) in [5.74, 6) is 0.779. The number of anilines is 3. The second-order valence-electron chi connectivity index (χ2n) is 6.64. The van der Waals surface area contributed by atoms with Crippen molar-refractivity contribution in [1.29, 1.82) is 0 Å². The SMILES string of the molecule is COc1ccccc1NC(=O)Nc1cc(OC)c2nc(NC(=O)c3ccccc3)sc2c1. The van der Waals surface area contributed by atoms with E-state index in [-0.39, 0.29) is 5.91 Å². The first-order valence-electron chi connectivity index (χ1n) is 9.63. The van der Waals surface area contributed by atoms with Gasteiger partial charge in [-0.2, -0.15) is 0 Å². The number of hydrogen-bond donors (Lipinski definition) is 3. The average molecular weight is 449 g/mol. The van der Waals surface area contributed by atoms with Gasteiger partial charge in [0.05, 0.1) is 24.6 Å². The first kappa shape index (κ1) is 21.1. The number of para-hydroxylation sites is 2.